The number of amides is 1. The van der Waals surface area contributed by atoms with Gasteiger partial charge in [-0.3, -0.25) is 9.69 Å². The average molecular weight is 392 g/mol. The first kappa shape index (κ1) is 22.7. The van der Waals surface area contributed by atoms with Crippen LogP contribution in [0.25, 0.3) is 0 Å². The van der Waals surface area contributed by atoms with Crippen molar-refractivity contribution in [3.8, 4) is 5.75 Å². The standard InChI is InChI=1S/C22H37N3O3/c26-16-13-23-11-3-2-10-22(27)24-12-7-17-28-21-9-6-8-20(18-21)19-25-14-4-1-5-15-25/h6,8-9,18,23,26H,1-5,7,10-17,19H2,(H,24,27). The SMILES string of the molecule is O=C(CCCCNCCO)NCCCOc1cccc(CN2CCCCC2)c1. The lowest BCUT2D eigenvalue weighted by atomic mass is 10.1. The van der Waals surface area contributed by atoms with Crippen molar-refractivity contribution in [1.29, 1.82) is 0 Å². The highest BCUT2D eigenvalue weighted by Crippen LogP contribution is 2.17. The van der Waals surface area contributed by atoms with Crippen LogP contribution in [-0.2, 0) is 11.3 Å². The summed E-state index contributed by atoms with van der Waals surface area (Å²) in [5.41, 5.74) is 1.31. The summed E-state index contributed by atoms with van der Waals surface area (Å²) < 4.78 is 5.86. The summed E-state index contributed by atoms with van der Waals surface area (Å²) in [4.78, 5) is 14.3. The normalized spacial score (nSPS) is 14.8. The second-order valence-electron chi connectivity index (χ2n) is 7.47. The predicted octanol–water partition coefficient (Wildman–Crippen LogP) is 2.31. The van der Waals surface area contributed by atoms with Crippen LogP contribution in [0.15, 0.2) is 24.3 Å². The molecule has 1 aromatic rings. The van der Waals surface area contributed by atoms with Crippen molar-refractivity contribution in [3.05, 3.63) is 29.8 Å². The van der Waals surface area contributed by atoms with Gasteiger partial charge < -0.3 is 20.5 Å². The zero-order chi connectivity index (χ0) is 19.9. The van der Waals surface area contributed by atoms with E-state index >= 15 is 0 Å². The van der Waals surface area contributed by atoms with Crippen LogP contribution in [0.4, 0.5) is 0 Å². The Morgan fingerprint density at radius 1 is 1.07 bits per heavy atom. The number of benzene rings is 1. The van der Waals surface area contributed by atoms with Gasteiger partial charge in [-0.15, -0.1) is 0 Å². The summed E-state index contributed by atoms with van der Waals surface area (Å²) in [5, 5.41) is 14.7. The van der Waals surface area contributed by atoms with E-state index in [1.165, 1.54) is 37.9 Å². The van der Waals surface area contributed by atoms with E-state index in [1.807, 2.05) is 6.07 Å². The molecule has 1 fully saturated rings. The molecule has 0 bridgehead atoms. The lowest BCUT2D eigenvalue weighted by molar-refractivity contribution is -0.121. The highest BCUT2D eigenvalue weighted by atomic mass is 16.5. The number of hydrogen-bond acceptors (Lipinski definition) is 5. The Kier molecular flexibility index (Phi) is 11.6. The van der Waals surface area contributed by atoms with Crippen LogP contribution in [0.3, 0.4) is 0 Å². The minimum atomic E-state index is 0.102. The maximum absolute atomic E-state index is 11.8. The number of aliphatic hydroxyl groups is 1. The van der Waals surface area contributed by atoms with Crippen molar-refractivity contribution < 1.29 is 14.6 Å². The summed E-state index contributed by atoms with van der Waals surface area (Å²) in [5.74, 6) is 1.02. The number of nitrogens with one attached hydrogen (secondary N) is 2. The summed E-state index contributed by atoms with van der Waals surface area (Å²) in [7, 11) is 0. The first-order chi connectivity index (χ1) is 13.8. The molecule has 28 heavy (non-hydrogen) atoms. The molecule has 0 unspecified atom stereocenters. The molecule has 0 saturated carbocycles. The molecular formula is C22H37N3O3. The molecule has 1 aliphatic rings. The van der Waals surface area contributed by atoms with Crippen molar-refractivity contribution >= 4 is 5.91 Å². The van der Waals surface area contributed by atoms with Gasteiger partial charge in [0.2, 0.25) is 5.91 Å². The van der Waals surface area contributed by atoms with E-state index in [9.17, 15) is 4.79 Å². The van der Waals surface area contributed by atoms with Gasteiger partial charge in [0.1, 0.15) is 5.75 Å². The lowest BCUT2D eigenvalue weighted by Crippen LogP contribution is -2.29. The molecule has 6 nitrogen and oxygen atoms in total. The van der Waals surface area contributed by atoms with Gasteiger partial charge in [0.05, 0.1) is 13.2 Å². The van der Waals surface area contributed by atoms with E-state index in [1.54, 1.807) is 0 Å². The van der Waals surface area contributed by atoms with Crippen molar-refractivity contribution in [1.82, 2.24) is 15.5 Å². The maximum atomic E-state index is 11.8. The maximum Gasteiger partial charge on any atom is 0.219 e. The Bertz CT molecular complexity index is 548. The number of nitrogens with zero attached hydrogens (tertiary/aromatic N) is 1. The zero-order valence-electron chi connectivity index (χ0n) is 17.1. The fraction of sp³-hybridized carbons (Fsp3) is 0.682. The van der Waals surface area contributed by atoms with E-state index in [0.29, 0.717) is 26.1 Å². The molecule has 1 heterocycles. The topological polar surface area (TPSA) is 73.8 Å². The highest BCUT2D eigenvalue weighted by molar-refractivity contribution is 5.75. The number of carbonyl (C=O) groups excluding carboxylic acids is 1. The number of unbranched alkanes of at least 4 members (excludes halogenated alkanes) is 1. The Hall–Kier alpha value is -1.63. The molecule has 1 aromatic carbocycles. The van der Waals surface area contributed by atoms with Gasteiger partial charge in [0.25, 0.3) is 0 Å². The largest absolute Gasteiger partial charge is 0.494 e. The third-order valence-electron chi connectivity index (χ3n) is 4.96. The number of ether oxygens (including phenoxy) is 1. The van der Waals surface area contributed by atoms with Crippen molar-refractivity contribution in [3.63, 3.8) is 0 Å². The molecule has 0 aliphatic carbocycles. The average Bonchev–Trinajstić information content (AvgIpc) is 2.71. The molecule has 0 aromatic heterocycles. The van der Waals surface area contributed by atoms with Crippen LogP contribution in [-0.4, -0.2) is 61.9 Å². The van der Waals surface area contributed by atoms with E-state index in [-0.39, 0.29) is 12.5 Å². The first-order valence-electron chi connectivity index (χ1n) is 10.8. The number of rotatable bonds is 14. The Labute approximate surface area is 169 Å². The second-order valence-corrected chi connectivity index (χ2v) is 7.47. The number of piperidine rings is 1. The summed E-state index contributed by atoms with van der Waals surface area (Å²) in [6.45, 7) is 6.28. The molecule has 2 rings (SSSR count). The molecule has 3 N–H and O–H groups in total. The first-order valence-corrected chi connectivity index (χ1v) is 10.8. The van der Waals surface area contributed by atoms with Crippen LogP contribution in [0.5, 0.6) is 5.75 Å². The molecule has 1 amide bonds. The summed E-state index contributed by atoms with van der Waals surface area (Å²) in [6.07, 6.45) is 7.15. The molecule has 158 valence electrons. The van der Waals surface area contributed by atoms with Crippen molar-refractivity contribution in [2.75, 3.05) is 45.9 Å². The van der Waals surface area contributed by atoms with Crippen LogP contribution in [0, 0.1) is 0 Å². The van der Waals surface area contributed by atoms with Gasteiger partial charge >= 0.3 is 0 Å². The molecule has 0 atom stereocenters. The Balaban J connectivity index is 1.52. The fourth-order valence-electron chi connectivity index (χ4n) is 3.43. The molecule has 1 aliphatic heterocycles. The van der Waals surface area contributed by atoms with Gasteiger partial charge in [-0.2, -0.15) is 0 Å². The third kappa shape index (κ3) is 10.1. The Morgan fingerprint density at radius 3 is 2.75 bits per heavy atom. The van der Waals surface area contributed by atoms with Crippen molar-refractivity contribution in [2.24, 2.45) is 0 Å². The summed E-state index contributed by atoms with van der Waals surface area (Å²) in [6, 6.07) is 8.37. The second kappa shape index (κ2) is 14.4. The predicted molar refractivity (Wildman–Crippen MR) is 112 cm³/mol. The highest BCUT2D eigenvalue weighted by Gasteiger charge is 2.10. The van der Waals surface area contributed by atoms with E-state index in [0.717, 1.165) is 38.1 Å². The molecule has 0 radical (unpaired) electrons. The summed E-state index contributed by atoms with van der Waals surface area (Å²) >= 11 is 0. The Morgan fingerprint density at radius 2 is 1.93 bits per heavy atom. The minimum absolute atomic E-state index is 0.102. The molecule has 6 heteroatoms. The van der Waals surface area contributed by atoms with Crippen LogP contribution in [0.2, 0.25) is 0 Å². The van der Waals surface area contributed by atoms with Gasteiger partial charge in [0, 0.05) is 26.1 Å². The monoisotopic (exact) mass is 391 g/mol. The van der Waals surface area contributed by atoms with Crippen molar-refractivity contribution in [2.45, 2.75) is 51.5 Å². The fourth-order valence-corrected chi connectivity index (χ4v) is 3.43. The third-order valence-corrected chi connectivity index (χ3v) is 4.96. The molecular weight excluding hydrogens is 354 g/mol. The van der Waals surface area contributed by atoms with Crippen LogP contribution < -0.4 is 15.4 Å². The smallest absolute Gasteiger partial charge is 0.219 e. The van der Waals surface area contributed by atoms with Gasteiger partial charge in [-0.1, -0.05) is 18.6 Å². The van der Waals surface area contributed by atoms with Gasteiger partial charge in [-0.05, 0) is 69.4 Å². The number of carbonyl (C=O) groups is 1. The van der Waals surface area contributed by atoms with Crippen LogP contribution in [0.1, 0.15) is 50.5 Å². The zero-order valence-corrected chi connectivity index (χ0v) is 17.1. The number of likely N-dealkylation sites (tertiary alicyclic amines) is 1. The van der Waals surface area contributed by atoms with E-state index < -0.39 is 0 Å². The van der Waals surface area contributed by atoms with E-state index in [4.69, 9.17) is 9.84 Å². The molecule has 0 spiro atoms. The van der Waals surface area contributed by atoms with Gasteiger partial charge in [-0.25, -0.2) is 0 Å². The lowest BCUT2D eigenvalue weighted by Gasteiger charge is -2.26. The van der Waals surface area contributed by atoms with E-state index in [2.05, 4.69) is 33.7 Å². The quantitative estimate of drug-likeness (QED) is 0.425. The van der Waals surface area contributed by atoms with Crippen LogP contribution >= 0.6 is 0 Å². The number of aliphatic hydroxyl groups excluding tert-OH is 1. The molecule has 1 saturated heterocycles. The number of hydrogen-bond donors (Lipinski definition) is 3. The minimum Gasteiger partial charge on any atom is -0.494 e. The van der Waals surface area contributed by atoms with Gasteiger partial charge in [0.15, 0.2) is 0 Å².